The Morgan fingerprint density at radius 3 is 2.30 bits per heavy atom. The molecule has 116 valence electrons. The normalized spacial score (nSPS) is 23.1. The summed E-state index contributed by atoms with van der Waals surface area (Å²) in [5, 5.41) is 11.4. The summed E-state index contributed by atoms with van der Waals surface area (Å²) in [6.45, 7) is 5.75. The molecule has 2 N–H and O–H groups in total. The standard InChI is InChI=1S/C14H25NO5/c1-14(2,3)20-13(18)15-10-4-6-11(7-5-10)19-9-8-12(16)17/h10-11H,4-9H2,1-3H3,(H,15,18)(H,16,17)/t10-,11-. The van der Waals surface area contributed by atoms with Crippen molar-refractivity contribution in [2.45, 2.75) is 70.6 Å². The fourth-order valence-corrected chi connectivity index (χ4v) is 2.16. The minimum Gasteiger partial charge on any atom is -0.481 e. The number of alkyl carbamates (subject to hydrolysis) is 1. The number of aliphatic carboxylic acids is 1. The van der Waals surface area contributed by atoms with Crippen molar-refractivity contribution in [2.75, 3.05) is 6.61 Å². The molecule has 0 heterocycles. The summed E-state index contributed by atoms with van der Waals surface area (Å²) in [5.41, 5.74) is -0.485. The molecule has 0 unspecified atom stereocenters. The van der Waals surface area contributed by atoms with E-state index in [9.17, 15) is 9.59 Å². The number of rotatable bonds is 5. The molecule has 6 nitrogen and oxygen atoms in total. The highest BCUT2D eigenvalue weighted by atomic mass is 16.6. The molecule has 0 bridgehead atoms. The number of hydrogen-bond acceptors (Lipinski definition) is 4. The molecule has 0 atom stereocenters. The van der Waals surface area contributed by atoms with Crippen LogP contribution in [0.15, 0.2) is 0 Å². The highest BCUT2D eigenvalue weighted by Crippen LogP contribution is 2.21. The van der Waals surface area contributed by atoms with Crippen LogP contribution in [0.5, 0.6) is 0 Å². The minimum absolute atomic E-state index is 0.0378. The van der Waals surface area contributed by atoms with Crippen LogP contribution < -0.4 is 5.32 Å². The third kappa shape index (κ3) is 7.33. The molecular formula is C14H25NO5. The van der Waals surface area contributed by atoms with Crippen molar-refractivity contribution >= 4 is 12.1 Å². The Balaban J connectivity index is 2.18. The minimum atomic E-state index is -0.842. The van der Waals surface area contributed by atoms with Gasteiger partial charge in [-0.05, 0) is 46.5 Å². The number of ether oxygens (including phenoxy) is 2. The lowest BCUT2D eigenvalue weighted by Gasteiger charge is -2.30. The smallest absolute Gasteiger partial charge is 0.407 e. The Morgan fingerprint density at radius 1 is 1.20 bits per heavy atom. The van der Waals surface area contributed by atoms with Crippen LogP contribution >= 0.6 is 0 Å². The number of carboxylic acids is 1. The summed E-state index contributed by atoms with van der Waals surface area (Å²) in [5.74, 6) is -0.842. The predicted molar refractivity (Wildman–Crippen MR) is 73.6 cm³/mol. The van der Waals surface area contributed by atoms with Gasteiger partial charge in [0.2, 0.25) is 0 Å². The van der Waals surface area contributed by atoms with Gasteiger partial charge in [-0.1, -0.05) is 0 Å². The third-order valence-corrected chi connectivity index (χ3v) is 3.06. The number of carboxylic acid groups (broad SMARTS) is 1. The quantitative estimate of drug-likeness (QED) is 0.810. The van der Waals surface area contributed by atoms with Crippen molar-refractivity contribution in [3.05, 3.63) is 0 Å². The second kappa shape index (κ2) is 7.47. The molecule has 1 saturated carbocycles. The van der Waals surface area contributed by atoms with E-state index >= 15 is 0 Å². The summed E-state index contributed by atoms with van der Waals surface area (Å²) in [6.07, 6.45) is 3.09. The van der Waals surface area contributed by atoms with Crippen molar-refractivity contribution in [3.63, 3.8) is 0 Å². The van der Waals surface area contributed by atoms with E-state index in [-0.39, 0.29) is 31.3 Å². The fraction of sp³-hybridized carbons (Fsp3) is 0.857. The van der Waals surface area contributed by atoms with E-state index in [1.807, 2.05) is 20.8 Å². The lowest BCUT2D eigenvalue weighted by molar-refractivity contribution is -0.138. The van der Waals surface area contributed by atoms with Crippen molar-refractivity contribution in [1.82, 2.24) is 5.32 Å². The van der Waals surface area contributed by atoms with E-state index in [1.165, 1.54) is 0 Å². The SMILES string of the molecule is CC(C)(C)OC(=O)N[C@H]1CC[C@H](OCCC(=O)O)CC1. The first-order chi connectivity index (χ1) is 9.26. The molecule has 1 rings (SSSR count). The number of nitrogens with one attached hydrogen (secondary N) is 1. The largest absolute Gasteiger partial charge is 0.481 e. The summed E-state index contributed by atoms with van der Waals surface area (Å²) in [7, 11) is 0. The lowest BCUT2D eigenvalue weighted by atomic mass is 9.93. The highest BCUT2D eigenvalue weighted by molar-refractivity contribution is 5.68. The number of carbonyl (C=O) groups is 2. The second-order valence-corrected chi connectivity index (χ2v) is 6.13. The molecule has 0 spiro atoms. The number of amides is 1. The molecule has 0 aromatic heterocycles. The molecule has 20 heavy (non-hydrogen) atoms. The van der Waals surface area contributed by atoms with Crippen molar-refractivity contribution in [2.24, 2.45) is 0 Å². The lowest BCUT2D eigenvalue weighted by Crippen LogP contribution is -2.41. The zero-order valence-corrected chi connectivity index (χ0v) is 12.5. The second-order valence-electron chi connectivity index (χ2n) is 6.13. The molecule has 1 aliphatic carbocycles. The molecule has 6 heteroatoms. The van der Waals surface area contributed by atoms with Crippen LogP contribution in [0.1, 0.15) is 52.9 Å². The molecule has 0 aromatic rings. The molecule has 1 aliphatic rings. The van der Waals surface area contributed by atoms with Crippen molar-refractivity contribution in [3.8, 4) is 0 Å². The van der Waals surface area contributed by atoms with Gasteiger partial charge in [0.25, 0.3) is 0 Å². The van der Waals surface area contributed by atoms with Crippen LogP contribution in [-0.2, 0) is 14.3 Å². The van der Waals surface area contributed by atoms with Gasteiger partial charge in [-0.3, -0.25) is 4.79 Å². The van der Waals surface area contributed by atoms with Gasteiger partial charge in [0, 0.05) is 6.04 Å². The maximum absolute atomic E-state index is 11.6. The Morgan fingerprint density at radius 2 is 1.80 bits per heavy atom. The Hall–Kier alpha value is -1.30. The highest BCUT2D eigenvalue weighted by Gasteiger charge is 2.25. The van der Waals surface area contributed by atoms with Gasteiger partial charge in [-0.2, -0.15) is 0 Å². The van der Waals surface area contributed by atoms with Gasteiger partial charge in [-0.15, -0.1) is 0 Å². The van der Waals surface area contributed by atoms with Crippen LogP contribution in [0.25, 0.3) is 0 Å². The molecule has 1 amide bonds. The van der Waals surface area contributed by atoms with Crippen molar-refractivity contribution < 1.29 is 24.2 Å². The number of carbonyl (C=O) groups excluding carboxylic acids is 1. The van der Waals surface area contributed by atoms with E-state index in [0.717, 1.165) is 25.7 Å². The van der Waals surface area contributed by atoms with Gasteiger partial charge in [0.05, 0.1) is 19.1 Å². The van der Waals surface area contributed by atoms with Crippen LogP contribution in [0, 0.1) is 0 Å². The molecule has 0 saturated heterocycles. The third-order valence-electron chi connectivity index (χ3n) is 3.06. The summed E-state index contributed by atoms with van der Waals surface area (Å²) in [4.78, 5) is 22.0. The molecule has 1 fully saturated rings. The first-order valence-corrected chi connectivity index (χ1v) is 7.09. The summed E-state index contributed by atoms with van der Waals surface area (Å²) >= 11 is 0. The van der Waals surface area contributed by atoms with Crippen LogP contribution in [0.3, 0.4) is 0 Å². The molecule has 0 radical (unpaired) electrons. The Labute approximate surface area is 119 Å². The van der Waals surface area contributed by atoms with E-state index in [0.29, 0.717) is 0 Å². The number of hydrogen-bond donors (Lipinski definition) is 2. The fourth-order valence-electron chi connectivity index (χ4n) is 2.16. The van der Waals surface area contributed by atoms with Gasteiger partial charge in [0.1, 0.15) is 5.60 Å². The Bertz CT molecular complexity index is 329. The zero-order chi connectivity index (χ0) is 15.2. The Kier molecular flexibility index (Phi) is 6.26. The zero-order valence-electron chi connectivity index (χ0n) is 12.5. The van der Waals surface area contributed by atoms with Gasteiger partial charge < -0.3 is 19.9 Å². The van der Waals surface area contributed by atoms with Crippen LogP contribution in [-0.4, -0.2) is 41.5 Å². The van der Waals surface area contributed by atoms with Crippen LogP contribution in [0.2, 0.25) is 0 Å². The maximum atomic E-state index is 11.6. The van der Waals surface area contributed by atoms with Crippen LogP contribution in [0.4, 0.5) is 4.79 Å². The van der Waals surface area contributed by atoms with E-state index < -0.39 is 11.6 Å². The monoisotopic (exact) mass is 287 g/mol. The van der Waals surface area contributed by atoms with Crippen molar-refractivity contribution in [1.29, 1.82) is 0 Å². The summed E-state index contributed by atoms with van der Waals surface area (Å²) in [6, 6.07) is 0.115. The summed E-state index contributed by atoms with van der Waals surface area (Å²) < 4.78 is 10.7. The van der Waals surface area contributed by atoms with Gasteiger partial charge >= 0.3 is 12.1 Å². The maximum Gasteiger partial charge on any atom is 0.407 e. The predicted octanol–water partition coefficient (Wildman–Crippen LogP) is 2.31. The average molecular weight is 287 g/mol. The van der Waals surface area contributed by atoms with E-state index in [4.69, 9.17) is 14.6 Å². The van der Waals surface area contributed by atoms with E-state index in [2.05, 4.69) is 5.32 Å². The first-order valence-electron chi connectivity index (χ1n) is 7.09. The molecule has 0 aliphatic heterocycles. The van der Waals surface area contributed by atoms with E-state index in [1.54, 1.807) is 0 Å². The molecular weight excluding hydrogens is 262 g/mol. The van der Waals surface area contributed by atoms with Gasteiger partial charge in [0.15, 0.2) is 0 Å². The topological polar surface area (TPSA) is 84.9 Å². The van der Waals surface area contributed by atoms with Gasteiger partial charge in [-0.25, -0.2) is 4.79 Å². The average Bonchev–Trinajstić information content (AvgIpc) is 2.28. The molecule has 0 aromatic carbocycles. The first kappa shape index (κ1) is 16.8.